The third-order valence-electron chi connectivity index (χ3n) is 6.34. The van der Waals surface area contributed by atoms with Crippen LogP contribution in [0.3, 0.4) is 0 Å². The van der Waals surface area contributed by atoms with Crippen molar-refractivity contribution in [1.29, 1.82) is 0 Å². The number of aryl methyl sites for hydroxylation is 1. The molecule has 202 valence electrons. The fourth-order valence-electron chi connectivity index (χ4n) is 4.66. The Morgan fingerprint density at radius 3 is 2.43 bits per heavy atom. The zero-order valence-corrected chi connectivity index (χ0v) is 21.8. The predicted octanol–water partition coefficient (Wildman–Crippen LogP) is 1.75. The van der Waals surface area contributed by atoms with Crippen LogP contribution < -0.4 is 15.3 Å². The molecule has 1 aromatic carbocycles. The number of nitrogens with zero attached hydrogens (tertiary/aromatic N) is 5. The Bertz CT molecular complexity index is 1480. The van der Waals surface area contributed by atoms with Crippen molar-refractivity contribution in [1.82, 2.24) is 24.1 Å². The Balaban J connectivity index is 1.74. The van der Waals surface area contributed by atoms with E-state index in [9.17, 15) is 26.4 Å². The summed E-state index contributed by atoms with van der Waals surface area (Å²) in [4.78, 5) is 15.0. The highest BCUT2D eigenvalue weighted by Gasteiger charge is 2.43. The van der Waals surface area contributed by atoms with E-state index in [1.54, 1.807) is 0 Å². The molecule has 2 aliphatic heterocycles. The molecule has 0 amide bonds. The number of hydrogen-bond donors (Lipinski definition) is 1. The van der Waals surface area contributed by atoms with Crippen LogP contribution in [-0.2, 0) is 26.5 Å². The maximum absolute atomic E-state index is 13.7. The molecule has 0 aliphatic carbocycles. The van der Waals surface area contributed by atoms with E-state index in [4.69, 9.17) is 9.47 Å². The van der Waals surface area contributed by atoms with E-state index < -0.39 is 39.4 Å². The number of rotatable bonds is 7. The van der Waals surface area contributed by atoms with Crippen LogP contribution in [0.4, 0.5) is 18.9 Å². The van der Waals surface area contributed by atoms with E-state index in [-0.39, 0.29) is 41.0 Å². The topological polar surface area (TPSA) is 121 Å². The van der Waals surface area contributed by atoms with Gasteiger partial charge >= 0.3 is 5.69 Å². The van der Waals surface area contributed by atoms with Crippen molar-refractivity contribution < 1.29 is 31.1 Å². The summed E-state index contributed by atoms with van der Waals surface area (Å²) in [6, 6.07) is 2.68. The summed E-state index contributed by atoms with van der Waals surface area (Å²) in [5.74, 6) is 0. The molecule has 2 atom stereocenters. The molecule has 1 N–H and O–H groups in total. The van der Waals surface area contributed by atoms with Gasteiger partial charge in [0.2, 0.25) is 15.2 Å². The highest BCUT2D eigenvalue weighted by atomic mass is 32.2. The SMILES string of the molecule is C[C@H]1CN(c2cc(S(=O)(=O)NC3(CF)COC3)cc3c2n(C)c(=O)n3-c2nnc(C(F)F)s2)C[C@H](C)O1. The van der Waals surface area contributed by atoms with E-state index in [2.05, 4.69) is 14.9 Å². The van der Waals surface area contributed by atoms with E-state index in [1.807, 2.05) is 18.7 Å². The third kappa shape index (κ3) is 4.54. The second-order valence-corrected chi connectivity index (χ2v) is 12.1. The lowest BCUT2D eigenvalue weighted by Gasteiger charge is -2.39. The standard InChI is InChI=1S/C21H25F3N6O5S2/c1-11-6-29(7-12(2)35-11)14-4-13(37(32,33)27-21(8-22)9-34-10-21)5-15-16(14)28(3)20(31)30(15)19-26-25-18(36-19)17(23)24/h4-5,11-12,17,27H,6-10H2,1-3H3/t11-,12-/m0/s1. The Morgan fingerprint density at radius 2 is 1.89 bits per heavy atom. The molecule has 0 bridgehead atoms. The minimum absolute atomic E-state index is 0.118. The van der Waals surface area contributed by atoms with Crippen LogP contribution in [0, 0.1) is 0 Å². The lowest BCUT2D eigenvalue weighted by atomic mass is 10.0. The number of alkyl halides is 3. The number of aromatic nitrogens is 4. The summed E-state index contributed by atoms with van der Waals surface area (Å²) in [5.41, 5.74) is -1.05. The van der Waals surface area contributed by atoms with Gasteiger partial charge in [-0.15, -0.1) is 10.2 Å². The van der Waals surface area contributed by atoms with E-state index in [0.29, 0.717) is 35.6 Å². The number of imidazole rings is 1. The summed E-state index contributed by atoms with van der Waals surface area (Å²) < 4.78 is 82.6. The highest BCUT2D eigenvalue weighted by Crippen LogP contribution is 2.35. The van der Waals surface area contributed by atoms with E-state index in [0.717, 1.165) is 4.57 Å². The monoisotopic (exact) mass is 562 g/mol. The Hall–Kier alpha value is -2.53. The van der Waals surface area contributed by atoms with Gasteiger partial charge in [0.25, 0.3) is 6.43 Å². The molecule has 0 saturated carbocycles. The van der Waals surface area contributed by atoms with Crippen LogP contribution in [0.15, 0.2) is 21.8 Å². The number of benzene rings is 1. The lowest BCUT2D eigenvalue weighted by molar-refractivity contribution is -0.0725. The van der Waals surface area contributed by atoms with Gasteiger partial charge in [-0.3, -0.25) is 4.57 Å². The molecule has 11 nitrogen and oxygen atoms in total. The molecule has 2 saturated heterocycles. The van der Waals surface area contributed by atoms with Crippen molar-refractivity contribution in [3.8, 4) is 5.13 Å². The first kappa shape index (κ1) is 26.1. The molecular weight excluding hydrogens is 537 g/mol. The normalized spacial score (nSPS) is 22.1. The smallest absolute Gasteiger partial charge is 0.335 e. The summed E-state index contributed by atoms with van der Waals surface area (Å²) in [5, 5.41) is 6.52. The number of nitrogens with one attached hydrogen (secondary N) is 1. The van der Waals surface area contributed by atoms with E-state index >= 15 is 0 Å². The molecule has 2 aromatic heterocycles. The summed E-state index contributed by atoms with van der Waals surface area (Å²) >= 11 is 0.531. The van der Waals surface area contributed by atoms with Crippen molar-refractivity contribution in [2.24, 2.45) is 7.05 Å². The predicted molar refractivity (Wildman–Crippen MR) is 129 cm³/mol. The number of hydrogen-bond acceptors (Lipinski definition) is 9. The molecule has 16 heteroatoms. The molecule has 0 unspecified atom stereocenters. The van der Waals surface area contributed by atoms with Crippen molar-refractivity contribution in [2.75, 3.05) is 37.9 Å². The maximum Gasteiger partial charge on any atom is 0.335 e. The molecule has 0 radical (unpaired) electrons. The molecule has 0 spiro atoms. The minimum atomic E-state index is -4.29. The van der Waals surface area contributed by atoms with Gasteiger partial charge in [-0.2, -0.15) is 4.72 Å². The van der Waals surface area contributed by atoms with Gasteiger partial charge in [-0.05, 0) is 26.0 Å². The van der Waals surface area contributed by atoms with Gasteiger partial charge in [0, 0.05) is 20.1 Å². The largest absolute Gasteiger partial charge is 0.377 e. The number of halogens is 3. The fraction of sp³-hybridized carbons (Fsp3) is 0.571. The van der Waals surface area contributed by atoms with Crippen molar-refractivity contribution in [2.45, 2.75) is 42.9 Å². The Kier molecular flexibility index (Phi) is 6.59. The zero-order chi connectivity index (χ0) is 26.7. The van der Waals surface area contributed by atoms with Crippen LogP contribution in [0.2, 0.25) is 0 Å². The summed E-state index contributed by atoms with van der Waals surface area (Å²) in [6.45, 7) is 3.37. The summed E-state index contributed by atoms with van der Waals surface area (Å²) in [6.07, 6.45) is -3.25. The first-order valence-electron chi connectivity index (χ1n) is 11.4. The molecule has 2 fully saturated rings. The molecule has 5 rings (SSSR count). The maximum atomic E-state index is 13.7. The average molecular weight is 563 g/mol. The minimum Gasteiger partial charge on any atom is -0.377 e. The zero-order valence-electron chi connectivity index (χ0n) is 20.1. The quantitative estimate of drug-likeness (QED) is 0.463. The molecule has 4 heterocycles. The molecule has 3 aromatic rings. The first-order valence-corrected chi connectivity index (χ1v) is 13.7. The van der Waals surface area contributed by atoms with Gasteiger partial charge < -0.3 is 14.4 Å². The second kappa shape index (κ2) is 9.34. The number of morpholine rings is 1. The van der Waals surface area contributed by atoms with Crippen LogP contribution in [0.1, 0.15) is 25.3 Å². The van der Waals surface area contributed by atoms with Crippen molar-refractivity contribution in [3.05, 3.63) is 27.6 Å². The number of anilines is 1. The lowest BCUT2D eigenvalue weighted by Crippen LogP contribution is -2.63. The first-order chi connectivity index (χ1) is 17.4. The van der Waals surface area contributed by atoms with Crippen LogP contribution >= 0.6 is 11.3 Å². The van der Waals surface area contributed by atoms with Crippen LogP contribution in [0.25, 0.3) is 16.2 Å². The van der Waals surface area contributed by atoms with Crippen molar-refractivity contribution >= 4 is 38.1 Å². The van der Waals surface area contributed by atoms with Gasteiger partial charge in [-0.25, -0.2) is 31.0 Å². The molecule has 2 aliphatic rings. The average Bonchev–Trinajstić information content (AvgIpc) is 3.38. The van der Waals surface area contributed by atoms with Gasteiger partial charge in [0.15, 0.2) is 5.01 Å². The second-order valence-electron chi connectivity index (χ2n) is 9.39. The van der Waals surface area contributed by atoms with Gasteiger partial charge in [-0.1, -0.05) is 11.3 Å². The number of ether oxygens (including phenoxy) is 2. The fourth-order valence-corrected chi connectivity index (χ4v) is 6.76. The van der Waals surface area contributed by atoms with E-state index in [1.165, 1.54) is 23.7 Å². The summed E-state index contributed by atoms with van der Waals surface area (Å²) in [7, 11) is -2.78. The molecular formula is C21H25F3N6O5S2. The number of sulfonamides is 1. The Labute approximate surface area is 213 Å². The third-order valence-corrected chi connectivity index (χ3v) is 8.81. The number of fused-ring (bicyclic) bond motifs is 1. The van der Waals surface area contributed by atoms with Crippen LogP contribution in [-0.4, -0.2) is 78.5 Å². The van der Waals surface area contributed by atoms with Gasteiger partial charge in [0.1, 0.15) is 12.2 Å². The molecule has 37 heavy (non-hydrogen) atoms. The van der Waals surface area contributed by atoms with Crippen molar-refractivity contribution in [3.63, 3.8) is 0 Å². The van der Waals surface area contributed by atoms with Gasteiger partial charge in [0.05, 0.1) is 47.0 Å². The van der Waals surface area contributed by atoms with Crippen LogP contribution in [0.5, 0.6) is 0 Å². The highest BCUT2D eigenvalue weighted by molar-refractivity contribution is 7.89. The Morgan fingerprint density at radius 1 is 1.22 bits per heavy atom.